The van der Waals surface area contributed by atoms with E-state index in [-0.39, 0.29) is 23.7 Å². The van der Waals surface area contributed by atoms with Gasteiger partial charge in [-0.1, -0.05) is 32.9 Å². The minimum Gasteiger partial charge on any atom is -0.481 e. The predicted molar refractivity (Wildman–Crippen MR) is 72.4 cm³/mol. The van der Waals surface area contributed by atoms with E-state index in [1.165, 1.54) is 0 Å². The number of allylic oxidation sites excluding steroid dienone is 2. The molecule has 19 heavy (non-hydrogen) atoms. The second-order valence-corrected chi connectivity index (χ2v) is 6.30. The Bertz CT molecular complexity index is 402. The van der Waals surface area contributed by atoms with Crippen molar-refractivity contribution in [2.24, 2.45) is 35.5 Å². The van der Waals surface area contributed by atoms with Crippen molar-refractivity contribution in [3.63, 3.8) is 0 Å². The van der Waals surface area contributed by atoms with E-state index in [0.29, 0.717) is 18.4 Å². The summed E-state index contributed by atoms with van der Waals surface area (Å²) in [6.45, 7) is 6.97. The van der Waals surface area contributed by atoms with Crippen LogP contribution in [0.5, 0.6) is 0 Å². The van der Waals surface area contributed by atoms with Crippen molar-refractivity contribution in [3.8, 4) is 0 Å². The fraction of sp³-hybridized carbons (Fsp3) is 0.733. The van der Waals surface area contributed by atoms with E-state index in [2.05, 4.69) is 26.1 Å². The molecule has 2 N–H and O–H groups in total. The van der Waals surface area contributed by atoms with Crippen LogP contribution in [0, 0.1) is 35.5 Å². The summed E-state index contributed by atoms with van der Waals surface area (Å²) >= 11 is 0. The van der Waals surface area contributed by atoms with Crippen LogP contribution in [0.15, 0.2) is 12.2 Å². The van der Waals surface area contributed by atoms with Gasteiger partial charge in [-0.2, -0.15) is 0 Å². The average molecular weight is 265 g/mol. The quantitative estimate of drug-likeness (QED) is 0.746. The van der Waals surface area contributed by atoms with Gasteiger partial charge in [0.05, 0.1) is 11.8 Å². The molecule has 5 atom stereocenters. The number of rotatable bonds is 5. The number of hydrogen-bond acceptors (Lipinski definition) is 2. The number of amides is 1. The Balaban J connectivity index is 1.98. The maximum absolute atomic E-state index is 12.3. The van der Waals surface area contributed by atoms with Crippen LogP contribution in [0.2, 0.25) is 0 Å². The zero-order valence-electron chi connectivity index (χ0n) is 11.8. The van der Waals surface area contributed by atoms with Gasteiger partial charge in [-0.25, -0.2) is 0 Å². The van der Waals surface area contributed by atoms with E-state index in [4.69, 9.17) is 0 Å². The van der Waals surface area contributed by atoms with Gasteiger partial charge < -0.3 is 10.4 Å². The van der Waals surface area contributed by atoms with Crippen LogP contribution in [0.25, 0.3) is 0 Å². The molecule has 1 saturated carbocycles. The third-order valence-electron chi connectivity index (χ3n) is 4.78. The maximum atomic E-state index is 12.3. The lowest BCUT2D eigenvalue weighted by molar-refractivity contribution is -0.147. The van der Waals surface area contributed by atoms with Crippen molar-refractivity contribution >= 4 is 11.9 Å². The number of carbonyl (C=O) groups excluding carboxylic acids is 1. The molecule has 106 valence electrons. The van der Waals surface area contributed by atoms with Gasteiger partial charge in [-0.05, 0) is 30.1 Å². The lowest BCUT2D eigenvalue weighted by atomic mass is 9.82. The smallest absolute Gasteiger partial charge is 0.307 e. The highest BCUT2D eigenvalue weighted by atomic mass is 16.4. The van der Waals surface area contributed by atoms with Crippen LogP contribution in [0.1, 0.15) is 27.2 Å². The fourth-order valence-corrected chi connectivity index (χ4v) is 3.13. The first-order valence-electron chi connectivity index (χ1n) is 7.10. The van der Waals surface area contributed by atoms with Crippen molar-refractivity contribution in [3.05, 3.63) is 12.2 Å². The molecule has 2 aliphatic carbocycles. The van der Waals surface area contributed by atoms with E-state index in [1.54, 1.807) is 0 Å². The highest BCUT2D eigenvalue weighted by Crippen LogP contribution is 2.48. The molecule has 2 aliphatic rings. The maximum Gasteiger partial charge on any atom is 0.307 e. The molecule has 1 amide bonds. The van der Waals surface area contributed by atoms with Crippen molar-refractivity contribution in [2.75, 3.05) is 6.54 Å². The summed E-state index contributed by atoms with van der Waals surface area (Å²) < 4.78 is 0. The monoisotopic (exact) mass is 265 g/mol. The Labute approximate surface area is 114 Å². The van der Waals surface area contributed by atoms with E-state index in [0.717, 1.165) is 6.42 Å². The van der Waals surface area contributed by atoms with Crippen LogP contribution < -0.4 is 5.32 Å². The minimum atomic E-state index is -0.839. The second kappa shape index (κ2) is 5.35. The summed E-state index contributed by atoms with van der Waals surface area (Å²) in [6.07, 6.45) is 4.79. The highest BCUT2D eigenvalue weighted by molar-refractivity contribution is 5.86. The molecule has 0 radical (unpaired) electrons. The molecule has 0 aromatic heterocycles. The van der Waals surface area contributed by atoms with Crippen LogP contribution >= 0.6 is 0 Å². The number of fused-ring (bicyclic) bond motifs is 2. The first kappa shape index (κ1) is 14.1. The van der Waals surface area contributed by atoms with Gasteiger partial charge in [0, 0.05) is 6.54 Å². The van der Waals surface area contributed by atoms with Crippen molar-refractivity contribution in [2.45, 2.75) is 27.2 Å². The van der Waals surface area contributed by atoms with Crippen LogP contribution in [0.3, 0.4) is 0 Å². The van der Waals surface area contributed by atoms with E-state index in [1.807, 2.05) is 12.2 Å². The average Bonchev–Trinajstić information content (AvgIpc) is 2.94. The zero-order valence-corrected chi connectivity index (χ0v) is 11.8. The van der Waals surface area contributed by atoms with Gasteiger partial charge in [-0.15, -0.1) is 0 Å². The van der Waals surface area contributed by atoms with Crippen molar-refractivity contribution < 1.29 is 14.7 Å². The zero-order chi connectivity index (χ0) is 14.2. The summed E-state index contributed by atoms with van der Waals surface area (Å²) in [5.74, 6) is -0.778. The molecule has 0 aromatic carbocycles. The van der Waals surface area contributed by atoms with Crippen molar-refractivity contribution in [1.82, 2.24) is 5.32 Å². The molecule has 0 aromatic rings. The Morgan fingerprint density at radius 1 is 1.21 bits per heavy atom. The number of carbonyl (C=O) groups is 2. The predicted octanol–water partition coefficient (Wildman–Crippen LogP) is 1.92. The van der Waals surface area contributed by atoms with E-state index < -0.39 is 11.9 Å². The summed E-state index contributed by atoms with van der Waals surface area (Å²) in [7, 11) is 0. The standard InChI is InChI=1S/C15H23NO3/c1-8(2)9(3)7-16-14(17)12-10-4-5-11(6-10)13(12)15(18)19/h4-5,8-13H,6-7H2,1-3H3,(H,16,17)(H,18,19)/t9?,10?,11?,12-,13+/m0/s1. The minimum absolute atomic E-state index is 0.0424. The molecular formula is C15H23NO3. The topological polar surface area (TPSA) is 66.4 Å². The summed E-state index contributed by atoms with van der Waals surface area (Å²) in [5, 5.41) is 12.2. The largest absolute Gasteiger partial charge is 0.481 e. The third-order valence-corrected chi connectivity index (χ3v) is 4.78. The normalized spacial score (nSPS) is 33.7. The first-order valence-corrected chi connectivity index (χ1v) is 7.10. The summed E-state index contributed by atoms with van der Waals surface area (Å²) in [4.78, 5) is 23.6. The van der Waals surface area contributed by atoms with E-state index >= 15 is 0 Å². The molecule has 2 bridgehead atoms. The van der Waals surface area contributed by atoms with Gasteiger partial charge >= 0.3 is 5.97 Å². The molecular weight excluding hydrogens is 242 g/mol. The Morgan fingerprint density at radius 3 is 2.32 bits per heavy atom. The molecule has 2 rings (SSSR count). The number of carboxylic acid groups (broad SMARTS) is 1. The van der Waals surface area contributed by atoms with E-state index in [9.17, 15) is 14.7 Å². The third kappa shape index (κ3) is 2.67. The Hall–Kier alpha value is -1.32. The SMILES string of the molecule is CC(C)C(C)CNC(=O)[C@H]1C2C=CC(C2)[C@H]1C(=O)O. The number of aliphatic carboxylic acids is 1. The molecule has 0 spiro atoms. The van der Waals surface area contributed by atoms with Gasteiger partial charge in [0.25, 0.3) is 0 Å². The van der Waals surface area contributed by atoms with Crippen LogP contribution in [-0.2, 0) is 9.59 Å². The highest BCUT2D eigenvalue weighted by Gasteiger charge is 2.51. The Morgan fingerprint density at radius 2 is 1.79 bits per heavy atom. The first-order chi connectivity index (χ1) is 8.91. The number of hydrogen-bond donors (Lipinski definition) is 2. The van der Waals surface area contributed by atoms with Gasteiger partial charge in [0.2, 0.25) is 5.91 Å². The number of nitrogens with one attached hydrogen (secondary N) is 1. The molecule has 0 saturated heterocycles. The van der Waals surface area contributed by atoms with Gasteiger partial charge in [-0.3, -0.25) is 9.59 Å². The number of carboxylic acids is 1. The second-order valence-electron chi connectivity index (χ2n) is 6.30. The van der Waals surface area contributed by atoms with Crippen LogP contribution in [-0.4, -0.2) is 23.5 Å². The lowest BCUT2D eigenvalue weighted by Gasteiger charge is -2.25. The molecule has 0 aliphatic heterocycles. The molecule has 4 nitrogen and oxygen atoms in total. The van der Waals surface area contributed by atoms with Gasteiger partial charge in [0.1, 0.15) is 0 Å². The molecule has 1 fully saturated rings. The Kier molecular flexibility index (Phi) is 3.97. The molecule has 3 unspecified atom stereocenters. The van der Waals surface area contributed by atoms with Crippen molar-refractivity contribution in [1.29, 1.82) is 0 Å². The lowest BCUT2D eigenvalue weighted by Crippen LogP contribution is -2.42. The van der Waals surface area contributed by atoms with Crippen LogP contribution in [0.4, 0.5) is 0 Å². The summed E-state index contributed by atoms with van der Waals surface area (Å²) in [6, 6.07) is 0. The fourth-order valence-electron chi connectivity index (χ4n) is 3.13. The molecule has 0 heterocycles. The van der Waals surface area contributed by atoms with Gasteiger partial charge in [0.15, 0.2) is 0 Å². The molecule has 4 heteroatoms. The summed E-state index contributed by atoms with van der Waals surface area (Å²) in [5.41, 5.74) is 0.